The Bertz CT molecular complexity index is 490. The van der Waals surface area contributed by atoms with Gasteiger partial charge in [-0.15, -0.1) is 0 Å². The molecule has 0 bridgehead atoms. The highest BCUT2D eigenvalue weighted by atomic mass is 79.9. The number of anilines is 1. The number of halogens is 1. The second-order valence-corrected chi connectivity index (χ2v) is 6.18. The Morgan fingerprint density at radius 1 is 1.47 bits per heavy atom. The molecule has 3 N–H and O–H groups in total. The molecule has 1 fully saturated rings. The van der Waals surface area contributed by atoms with Gasteiger partial charge in [-0.25, -0.2) is 0 Å². The molecule has 0 aromatic heterocycles. The number of piperidine rings is 1. The number of nitrogens with zero attached hydrogens (tertiary/aromatic N) is 2. The number of hydrogen-bond donors (Lipinski definition) is 2. The van der Waals surface area contributed by atoms with Gasteiger partial charge in [0.1, 0.15) is 0 Å². The van der Waals surface area contributed by atoms with E-state index in [2.05, 4.69) is 39.8 Å². The number of rotatable bonds is 2. The van der Waals surface area contributed by atoms with Crippen LogP contribution in [0.25, 0.3) is 0 Å². The van der Waals surface area contributed by atoms with Crippen molar-refractivity contribution in [1.29, 1.82) is 0 Å². The minimum Gasteiger partial charge on any atom is -0.409 e. The summed E-state index contributed by atoms with van der Waals surface area (Å²) in [4.78, 5) is 2.42. The summed E-state index contributed by atoms with van der Waals surface area (Å²) < 4.78 is 0.853. The molecule has 1 saturated heterocycles. The summed E-state index contributed by atoms with van der Waals surface area (Å²) in [7, 11) is 0. The van der Waals surface area contributed by atoms with Crippen LogP contribution < -0.4 is 10.6 Å². The van der Waals surface area contributed by atoms with E-state index in [-0.39, 0.29) is 5.84 Å². The monoisotopic (exact) mass is 325 g/mol. The summed E-state index contributed by atoms with van der Waals surface area (Å²) in [6.45, 7) is 5.66. The molecule has 5 heteroatoms. The third-order valence-corrected chi connectivity index (χ3v) is 4.46. The van der Waals surface area contributed by atoms with Gasteiger partial charge >= 0.3 is 0 Å². The molecule has 1 aliphatic heterocycles. The Labute approximate surface area is 122 Å². The van der Waals surface area contributed by atoms with Crippen molar-refractivity contribution >= 4 is 27.5 Å². The molecule has 2 unspecified atom stereocenters. The second-order valence-electron chi connectivity index (χ2n) is 5.32. The molecule has 19 heavy (non-hydrogen) atoms. The van der Waals surface area contributed by atoms with Crippen LogP contribution in [0.4, 0.5) is 5.69 Å². The molecule has 2 atom stereocenters. The zero-order chi connectivity index (χ0) is 14.0. The maximum atomic E-state index is 8.73. The van der Waals surface area contributed by atoms with Gasteiger partial charge < -0.3 is 15.8 Å². The minimum atomic E-state index is 0.124. The molecule has 2 rings (SSSR count). The van der Waals surface area contributed by atoms with E-state index >= 15 is 0 Å². The van der Waals surface area contributed by atoms with Gasteiger partial charge in [0.15, 0.2) is 5.84 Å². The largest absolute Gasteiger partial charge is 0.409 e. The van der Waals surface area contributed by atoms with Crippen LogP contribution in [0, 0.1) is 5.92 Å². The van der Waals surface area contributed by atoms with Crippen LogP contribution in [0.2, 0.25) is 0 Å². The van der Waals surface area contributed by atoms with Crippen molar-refractivity contribution in [2.45, 2.75) is 32.7 Å². The third kappa shape index (κ3) is 3.03. The topological polar surface area (TPSA) is 61.8 Å². The first kappa shape index (κ1) is 14.2. The highest BCUT2D eigenvalue weighted by molar-refractivity contribution is 9.10. The maximum Gasteiger partial charge on any atom is 0.171 e. The predicted molar refractivity (Wildman–Crippen MR) is 81.9 cm³/mol. The fourth-order valence-corrected chi connectivity index (χ4v) is 3.30. The molecule has 0 spiro atoms. The van der Waals surface area contributed by atoms with Gasteiger partial charge in [-0.1, -0.05) is 12.1 Å². The molecule has 4 nitrogen and oxygen atoms in total. The van der Waals surface area contributed by atoms with Crippen LogP contribution in [-0.4, -0.2) is 23.6 Å². The molecular formula is C14H20BrN3O. The zero-order valence-electron chi connectivity index (χ0n) is 11.3. The van der Waals surface area contributed by atoms with Gasteiger partial charge in [0.2, 0.25) is 0 Å². The first-order valence-corrected chi connectivity index (χ1v) is 7.36. The van der Waals surface area contributed by atoms with E-state index in [9.17, 15) is 0 Å². The Balaban J connectivity index is 2.25. The van der Waals surface area contributed by atoms with Crippen molar-refractivity contribution in [2.75, 3.05) is 11.4 Å². The van der Waals surface area contributed by atoms with Crippen molar-refractivity contribution in [3.63, 3.8) is 0 Å². The summed E-state index contributed by atoms with van der Waals surface area (Å²) in [6.07, 6.45) is 2.45. The summed E-state index contributed by atoms with van der Waals surface area (Å²) >= 11 is 3.49. The van der Waals surface area contributed by atoms with E-state index in [0.717, 1.165) is 16.9 Å². The van der Waals surface area contributed by atoms with Crippen molar-refractivity contribution in [1.82, 2.24) is 0 Å². The smallest absolute Gasteiger partial charge is 0.171 e. The number of hydrogen-bond acceptors (Lipinski definition) is 3. The van der Waals surface area contributed by atoms with Crippen LogP contribution in [0.1, 0.15) is 32.3 Å². The standard InChI is InChI=1S/C14H20BrN3O/c1-9-5-6-18(10(2)7-9)11-3-4-12(13(15)8-11)14(16)17-19/h3-4,8-10,19H,5-7H2,1-2H3,(H2,16,17). The fourth-order valence-electron chi connectivity index (χ4n) is 2.74. The van der Waals surface area contributed by atoms with E-state index in [1.165, 1.54) is 18.5 Å². The van der Waals surface area contributed by atoms with Crippen molar-refractivity contribution in [3.05, 3.63) is 28.2 Å². The Kier molecular flexibility index (Phi) is 4.34. The number of oxime groups is 1. The van der Waals surface area contributed by atoms with Crippen LogP contribution in [0.3, 0.4) is 0 Å². The minimum absolute atomic E-state index is 0.124. The maximum absolute atomic E-state index is 8.73. The molecule has 1 aliphatic rings. The Hall–Kier alpha value is -1.23. The fraction of sp³-hybridized carbons (Fsp3) is 0.500. The highest BCUT2D eigenvalue weighted by Crippen LogP contribution is 2.30. The van der Waals surface area contributed by atoms with Gasteiger partial charge in [0.25, 0.3) is 0 Å². The predicted octanol–water partition coefficient (Wildman–Crippen LogP) is 3.17. The van der Waals surface area contributed by atoms with Gasteiger partial charge in [-0.3, -0.25) is 0 Å². The quantitative estimate of drug-likeness (QED) is 0.380. The first-order chi connectivity index (χ1) is 9.02. The lowest BCUT2D eigenvalue weighted by molar-refractivity contribution is 0.318. The highest BCUT2D eigenvalue weighted by Gasteiger charge is 2.23. The van der Waals surface area contributed by atoms with Crippen LogP contribution in [0.5, 0.6) is 0 Å². The van der Waals surface area contributed by atoms with Gasteiger partial charge in [-0.05, 0) is 59.8 Å². The third-order valence-electron chi connectivity index (χ3n) is 3.81. The lowest BCUT2D eigenvalue weighted by Crippen LogP contribution is -2.40. The molecular weight excluding hydrogens is 306 g/mol. The number of nitrogens with two attached hydrogens (primary N) is 1. The second kappa shape index (κ2) is 5.82. The normalized spacial score (nSPS) is 24.6. The van der Waals surface area contributed by atoms with Gasteiger partial charge in [0.05, 0.1) is 0 Å². The van der Waals surface area contributed by atoms with Gasteiger partial charge in [0, 0.05) is 28.3 Å². The van der Waals surface area contributed by atoms with Crippen molar-refractivity contribution in [3.8, 4) is 0 Å². The molecule has 0 radical (unpaired) electrons. The van der Waals surface area contributed by atoms with Crippen LogP contribution in [0.15, 0.2) is 27.8 Å². The summed E-state index contributed by atoms with van der Waals surface area (Å²) in [5, 5.41) is 11.8. The molecule has 1 heterocycles. The number of amidine groups is 1. The van der Waals surface area contributed by atoms with Crippen molar-refractivity contribution < 1.29 is 5.21 Å². The van der Waals surface area contributed by atoms with E-state index in [0.29, 0.717) is 11.6 Å². The van der Waals surface area contributed by atoms with E-state index < -0.39 is 0 Å². The summed E-state index contributed by atoms with van der Waals surface area (Å²) in [6, 6.07) is 6.51. The van der Waals surface area contributed by atoms with Crippen LogP contribution in [-0.2, 0) is 0 Å². The SMILES string of the molecule is CC1CCN(c2ccc(/C(N)=N/O)c(Br)c2)C(C)C1. The molecule has 0 aliphatic carbocycles. The molecule has 1 aromatic rings. The zero-order valence-corrected chi connectivity index (χ0v) is 12.9. The molecule has 0 saturated carbocycles. The average Bonchev–Trinajstić information content (AvgIpc) is 2.37. The van der Waals surface area contributed by atoms with Crippen molar-refractivity contribution in [2.24, 2.45) is 16.8 Å². The van der Waals surface area contributed by atoms with E-state index in [1.807, 2.05) is 18.2 Å². The van der Waals surface area contributed by atoms with E-state index in [1.54, 1.807) is 0 Å². The molecule has 1 aromatic carbocycles. The lowest BCUT2D eigenvalue weighted by atomic mass is 9.93. The first-order valence-electron chi connectivity index (χ1n) is 6.57. The molecule has 0 amide bonds. The Morgan fingerprint density at radius 3 is 2.79 bits per heavy atom. The average molecular weight is 326 g/mol. The van der Waals surface area contributed by atoms with Crippen LogP contribution >= 0.6 is 15.9 Å². The summed E-state index contributed by atoms with van der Waals surface area (Å²) in [5.74, 6) is 0.921. The van der Waals surface area contributed by atoms with E-state index in [4.69, 9.17) is 10.9 Å². The lowest BCUT2D eigenvalue weighted by Gasteiger charge is -2.38. The number of benzene rings is 1. The van der Waals surface area contributed by atoms with Gasteiger partial charge in [-0.2, -0.15) is 0 Å². The Morgan fingerprint density at radius 2 is 2.21 bits per heavy atom. The summed E-state index contributed by atoms with van der Waals surface area (Å²) in [5.41, 5.74) is 7.52. The molecule has 104 valence electrons.